The Kier molecular flexibility index (Phi) is 3.68. The van der Waals surface area contributed by atoms with Gasteiger partial charge in [0.2, 0.25) is 0 Å². The van der Waals surface area contributed by atoms with Gasteiger partial charge in [-0.05, 0) is 30.0 Å². The number of likely N-dealkylation sites (tertiary alicyclic amines) is 1. The van der Waals surface area contributed by atoms with Crippen LogP contribution in [0, 0.1) is 17.2 Å². The number of amides is 1. The number of fused-ring (bicyclic) bond motifs is 1. The van der Waals surface area contributed by atoms with Crippen molar-refractivity contribution in [3.8, 4) is 6.07 Å². The zero-order valence-corrected chi connectivity index (χ0v) is 12.4. The van der Waals surface area contributed by atoms with Crippen LogP contribution in [0.15, 0.2) is 30.5 Å². The van der Waals surface area contributed by atoms with E-state index in [1.807, 2.05) is 18.2 Å². The smallest absolute Gasteiger partial charge is 0.407 e. The average Bonchev–Trinajstić information content (AvgIpc) is 2.53. The van der Waals surface area contributed by atoms with Crippen LogP contribution in [0.4, 0.5) is 4.79 Å². The normalized spacial score (nSPS) is 21.5. The summed E-state index contributed by atoms with van der Waals surface area (Å²) in [4.78, 5) is 17.1. The van der Waals surface area contributed by atoms with Crippen LogP contribution in [0.1, 0.15) is 30.4 Å². The van der Waals surface area contributed by atoms with Gasteiger partial charge in [0.15, 0.2) is 0 Å². The fraction of sp³-hybridized carbons (Fsp3) is 0.353. The summed E-state index contributed by atoms with van der Waals surface area (Å²) < 4.78 is 0. The minimum atomic E-state index is -0.868. The van der Waals surface area contributed by atoms with Crippen molar-refractivity contribution in [2.45, 2.75) is 19.3 Å². The Labute approximate surface area is 128 Å². The Morgan fingerprint density at radius 3 is 2.95 bits per heavy atom. The van der Waals surface area contributed by atoms with Gasteiger partial charge in [0.05, 0.1) is 11.1 Å². The summed E-state index contributed by atoms with van der Waals surface area (Å²) in [6, 6.07) is 9.72. The summed E-state index contributed by atoms with van der Waals surface area (Å²) in [5.41, 5.74) is 2.33. The van der Waals surface area contributed by atoms with Gasteiger partial charge in [0.25, 0.3) is 0 Å². The molecule has 1 amide bonds. The monoisotopic (exact) mass is 295 g/mol. The number of carbonyl (C=O) groups is 1. The van der Waals surface area contributed by atoms with Gasteiger partial charge in [-0.2, -0.15) is 5.26 Å². The number of hydrogen-bond donors (Lipinski definition) is 1. The number of benzene rings is 1. The van der Waals surface area contributed by atoms with E-state index in [2.05, 4.69) is 18.0 Å². The molecule has 2 unspecified atom stereocenters. The molecule has 0 saturated carbocycles. The van der Waals surface area contributed by atoms with Crippen molar-refractivity contribution in [2.75, 3.05) is 13.1 Å². The molecule has 0 bridgehead atoms. The first kappa shape index (κ1) is 14.3. The highest BCUT2D eigenvalue weighted by atomic mass is 16.4. The topological polar surface area (TPSA) is 77.2 Å². The molecule has 0 radical (unpaired) electrons. The van der Waals surface area contributed by atoms with Crippen molar-refractivity contribution < 1.29 is 9.90 Å². The molecule has 1 aromatic carbocycles. The third kappa shape index (κ3) is 2.48. The van der Waals surface area contributed by atoms with E-state index in [0.717, 1.165) is 17.4 Å². The van der Waals surface area contributed by atoms with Crippen LogP contribution in [0.5, 0.6) is 0 Å². The van der Waals surface area contributed by atoms with Crippen LogP contribution in [0.25, 0.3) is 10.9 Å². The Balaban J connectivity index is 2.07. The van der Waals surface area contributed by atoms with Gasteiger partial charge >= 0.3 is 6.09 Å². The number of carboxylic acid groups (broad SMARTS) is 1. The molecule has 1 N–H and O–H groups in total. The second-order valence-electron chi connectivity index (χ2n) is 5.94. The molecule has 3 rings (SSSR count). The number of hydrogen-bond acceptors (Lipinski definition) is 3. The first-order valence-electron chi connectivity index (χ1n) is 7.35. The zero-order valence-electron chi connectivity index (χ0n) is 12.4. The number of nitrogens with zero attached hydrogens (tertiary/aromatic N) is 3. The van der Waals surface area contributed by atoms with E-state index >= 15 is 0 Å². The fourth-order valence-electron chi connectivity index (χ4n) is 3.37. The molecule has 1 saturated heterocycles. The predicted octanol–water partition coefficient (Wildman–Crippen LogP) is 3.21. The first-order valence-corrected chi connectivity index (χ1v) is 7.35. The second-order valence-corrected chi connectivity index (χ2v) is 5.94. The lowest BCUT2D eigenvalue weighted by atomic mass is 9.83. The van der Waals surface area contributed by atoms with Gasteiger partial charge in [0.1, 0.15) is 6.07 Å². The van der Waals surface area contributed by atoms with E-state index in [-0.39, 0.29) is 5.92 Å². The molecule has 1 aliphatic heterocycles. The highest BCUT2D eigenvalue weighted by Gasteiger charge is 2.29. The summed E-state index contributed by atoms with van der Waals surface area (Å²) in [6.45, 7) is 3.15. The van der Waals surface area contributed by atoms with Crippen LogP contribution < -0.4 is 0 Å². The van der Waals surface area contributed by atoms with E-state index < -0.39 is 6.09 Å². The first-order chi connectivity index (χ1) is 10.6. The van der Waals surface area contributed by atoms with Crippen LogP contribution in [0.2, 0.25) is 0 Å². The molecule has 2 heterocycles. The van der Waals surface area contributed by atoms with Crippen molar-refractivity contribution in [1.82, 2.24) is 9.88 Å². The number of rotatable bonds is 1. The lowest BCUT2D eigenvalue weighted by Gasteiger charge is -2.35. The Morgan fingerprint density at radius 2 is 2.23 bits per heavy atom. The SMILES string of the molecule is CC1CC(c2ccc(C#N)c3ncccc23)CN(C(=O)O)C1. The van der Waals surface area contributed by atoms with E-state index in [0.29, 0.717) is 30.1 Å². The van der Waals surface area contributed by atoms with Crippen molar-refractivity contribution >= 4 is 17.0 Å². The van der Waals surface area contributed by atoms with E-state index in [1.165, 1.54) is 4.90 Å². The quantitative estimate of drug-likeness (QED) is 0.876. The van der Waals surface area contributed by atoms with E-state index in [9.17, 15) is 15.2 Å². The van der Waals surface area contributed by atoms with Crippen molar-refractivity contribution in [3.63, 3.8) is 0 Å². The summed E-state index contributed by atoms with van der Waals surface area (Å²) in [5, 5.41) is 19.5. The van der Waals surface area contributed by atoms with Gasteiger partial charge in [-0.1, -0.05) is 19.1 Å². The van der Waals surface area contributed by atoms with Gasteiger partial charge in [-0.3, -0.25) is 4.98 Å². The molecule has 2 aromatic rings. The lowest BCUT2D eigenvalue weighted by Crippen LogP contribution is -2.41. The zero-order chi connectivity index (χ0) is 15.7. The maximum atomic E-state index is 11.3. The Morgan fingerprint density at radius 1 is 1.41 bits per heavy atom. The predicted molar refractivity (Wildman–Crippen MR) is 82.6 cm³/mol. The van der Waals surface area contributed by atoms with E-state index in [1.54, 1.807) is 12.3 Å². The Bertz CT molecular complexity index is 766. The molecule has 1 fully saturated rings. The number of aromatic nitrogens is 1. The second kappa shape index (κ2) is 5.64. The standard InChI is InChI=1S/C17H17N3O2/c1-11-7-13(10-20(9-11)17(21)22)14-5-4-12(8-18)16-15(14)3-2-6-19-16/h2-6,11,13H,7,9-10H2,1H3,(H,21,22). The molecular formula is C17H17N3O2. The van der Waals surface area contributed by atoms with E-state index in [4.69, 9.17) is 0 Å². The molecule has 5 nitrogen and oxygen atoms in total. The molecule has 112 valence electrons. The molecule has 5 heteroatoms. The lowest BCUT2D eigenvalue weighted by molar-refractivity contribution is 0.116. The molecular weight excluding hydrogens is 278 g/mol. The van der Waals surface area contributed by atoms with Crippen molar-refractivity contribution in [1.29, 1.82) is 5.26 Å². The van der Waals surface area contributed by atoms with Gasteiger partial charge in [0, 0.05) is 30.6 Å². The molecule has 2 atom stereocenters. The number of nitriles is 1. The third-order valence-electron chi connectivity index (χ3n) is 4.29. The van der Waals surface area contributed by atoms with Crippen LogP contribution in [-0.2, 0) is 0 Å². The van der Waals surface area contributed by atoms with Crippen LogP contribution in [-0.4, -0.2) is 34.2 Å². The minimum absolute atomic E-state index is 0.138. The largest absolute Gasteiger partial charge is 0.465 e. The minimum Gasteiger partial charge on any atom is -0.465 e. The summed E-state index contributed by atoms with van der Waals surface area (Å²) in [6.07, 6.45) is 1.76. The molecule has 0 spiro atoms. The third-order valence-corrected chi connectivity index (χ3v) is 4.29. The average molecular weight is 295 g/mol. The highest BCUT2D eigenvalue weighted by molar-refractivity contribution is 5.87. The molecule has 1 aliphatic rings. The highest BCUT2D eigenvalue weighted by Crippen LogP contribution is 2.34. The van der Waals surface area contributed by atoms with Crippen molar-refractivity contribution in [2.24, 2.45) is 5.92 Å². The van der Waals surface area contributed by atoms with Crippen LogP contribution in [0.3, 0.4) is 0 Å². The molecule has 22 heavy (non-hydrogen) atoms. The van der Waals surface area contributed by atoms with Gasteiger partial charge in [-0.15, -0.1) is 0 Å². The van der Waals surface area contributed by atoms with Gasteiger partial charge in [-0.25, -0.2) is 4.79 Å². The number of pyridine rings is 1. The van der Waals surface area contributed by atoms with Crippen LogP contribution >= 0.6 is 0 Å². The molecule has 0 aliphatic carbocycles. The summed E-state index contributed by atoms with van der Waals surface area (Å²) >= 11 is 0. The van der Waals surface area contributed by atoms with Gasteiger partial charge < -0.3 is 10.0 Å². The Hall–Kier alpha value is -2.61. The van der Waals surface area contributed by atoms with Crippen molar-refractivity contribution in [3.05, 3.63) is 41.6 Å². The molecule has 1 aromatic heterocycles. The maximum Gasteiger partial charge on any atom is 0.407 e. The fourth-order valence-corrected chi connectivity index (χ4v) is 3.37. The summed E-state index contributed by atoms with van der Waals surface area (Å²) in [5.74, 6) is 0.455. The summed E-state index contributed by atoms with van der Waals surface area (Å²) in [7, 11) is 0. The maximum absolute atomic E-state index is 11.3. The number of piperidine rings is 1.